The van der Waals surface area contributed by atoms with Gasteiger partial charge in [0.15, 0.2) is 11.6 Å². The van der Waals surface area contributed by atoms with Crippen LogP contribution in [-0.4, -0.2) is 7.11 Å². The zero-order valence-corrected chi connectivity index (χ0v) is 18.1. The molecule has 0 saturated heterocycles. The Balaban J connectivity index is 1.63. The average molecular weight is 480 g/mol. The third kappa shape index (κ3) is 5.16. The molecule has 7 heteroatoms. The van der Waals surface area contributed by atoms with Gasteiger partial charge in [-0.2, -0.15) is 0 Å². The number of fused-ring (bicyclic) bond motifs is 1. The number of ether oxygens (including phenoxy) is 1. The summed E-state index contributed by atoms with van der Waals surface area (Å²) in [6, 6.07) is 10.4. The Morgan fingerprint density at radius 1 is 0.600 bits per heavy atom. The highest BCUT2D eigenvalue weighted by Gasteiger charge is 2.11. The summed E-state index contributed by atoms with van der Waals surface area (Å²) in [5.74, 6) is 3.69. The predicted octanol–water partition coefficient (Wildman–Crippen LogP) is 6.62. The third-order valence-electron chi connectivity index (χ3n) is 5.03. The molecule has 35 heavy (non-hydrogen) atoms. The summed E-state index contributed by atoms with van der Waals surface area (Å²) in [4.78, 5) is 0. The van der Waals surface area contributed by atoms with E-state index in [4.69, 9.17) is 4.74 Å². The lowest BCUT2D eigenvalue weighted by Gasteiger charge is -2.03. The van der Waals surface area contributed by atoms with Crippen molar-refractivity contribution >= 4 is 10.8 Å². The largest absolute Gasteiger partial charge is 0.380 e. The number of rotatable bonds is 2. The number of hydrogen-bond acceptors (Lipinski definition) is 1. The Morgan fingerprint density at radius 2 is 1.17 bits per heavy atom. The van der Waals surface area contributed by atoms with E-state index < -0.39 is 46.0 Å². The third-order valence-corrected chi connectivity index (χ3v) is 5.03. The smallest absolute Gasteiger partial charge is 0.166 e. The van der Waals surface area contributed by atoms with Crippen molar-refractivity contribution in [1.29, 1.82) is 0 Å². The van der Waals surface area contributed by atoms with E-state index in [9.17, 15) is 26.3 Å². The molecule has 4 aromatic rings. The molecule has 0 aliphatic carbocycles. The standard InChI is InChI=1S/C28H14F6O/c1-35-15-18-13-26(32)22(27(33)14-18)8-4-17-11-24(30)21(25(31)12-17)7-3-16-2-6-20-19(10-16)5-9-23(29)28(20)34/h2,5-6,9-14H,15H2,1H3. The molecule has 174 valence electrons. The fraction of sp³-hybridized carbons (Fsp3) is 0.0714. The molecule has 0 fully saturated rings. The van der Waals surface area contributed by atoms with E-state index in [1.807, 2.05) is 0 Å². The molecule has 0 heterocycles. The average Bonchev–Trinajstić information content (AvgIpc) is 2.80. The summed E-state index contributed by atoms with van der Waals surface area (Å²) in [5, 5.41) is 0.425. The van der Waals surface area contributed by atoms with Gasteiger partial charge in [-0.25, -0.2) is 26.3 Å². The summed E-state index contributed by atoms with van der Waals surface area (Å²) >= 11 is 0. The van der Waals surface area contributed by atoms with Crippen molar-refractivity contribution < 1.29 is 31.1 Å². The van der Waals surface area contributed by atoms with Crippen molar-refractivity contribution in [3.8, 4) is 23.7 Å². The van der Waals surface area contributed by atoms with Gasteiger partial charge in [0.1, 0.15) is 23.3 Å². The van der Waals surface area contributed by atoms with Gasteiger partial charge < -0.3 is 4.74 Å². The zero-order valence-electron chi connectivity index (χ0n) is 18.1. The molecule has 0 unspecified atom stereocenters. The SMILES string of the molecule is COCc1cc(F)c(C#Cc2cc(F)c(C#Cc3ccc4c(F)c(F)ccc4c3)c(F)c2)c(F)c1. The van der Waals surface area contributed by atoms with Crippen LogP contribution in [0.25, 0.3) is 10.8 Å². The van der Waals surface area contributed by atoms with Crippen molar-refractivity contribution in [3.05, 3.63) is 117 Å². The number of methoxy groups -OCH3 is 1. The molecule has 0 atom stereocenters. The molecule has 0 aliphatic heterocycles. The van der Waals surface area contributed by atoms with Crippen LogP contribution in [0.15, 0.2) is 54.6 Å². The molecule has 0 aromatic heterocycles. The fourth-order valence-corrected chi connectivity index (χ4v) is 3.37. The van der Waals surface area contributed by atoms with Crippen LogP contribution in [0, 0.1) is 58.6 Å². The van der Waals surface area contributed by atoms with Crippen LogP contribution < -0.4 is 0 Å². The van der Waals surface area contributed by atoms with Crippen molar-refractivity contribution in [2.45, 2.75) is 6.61 Å². The summed E-state index contributed by atoms with van der Waals surface area (Å²) in [6.45, 7) is 0.00904. The zero-order chi connectivity index (χ0) is 25.1. The Labute approximate surface area is 197 Å². The quantitative estimate of drug-likeness (QED) is 0.232. The molecule has 0 radical (unpaired) electrons. The molecule has 1 nitrogen and oxygen atoms in total. The van der Waals surface area contributed by atoms with Gasteiger partial charge in [-0.1, -0.05) is 35.8 Å². The van der Waals surface area contributed by atoms with E-state index in [2.05, 4.69) is 23.7 Å². The van der Waals surface area contributed by atoms with Crippen molar-refractivity contribution in [2.75, 3.05) is 7.11 Å². The Bertz CT molecular complexity index is 1540. The lowest BCUT2D eigenvalue weighted by atomic mass is 10.1. The molecule has 0 spiro atoms. The van der Waals surface area contributed by atoms with E-state index in [0.29, 0.717) is 10.9 Å². The minimum Gasteiger partial charge on any atom is -0.380 e. The van der Waals surface area contributed by atoms with E-state index in [1.165, 1.54) is 31.4 Å². The first-order valence-corrected chi connectivity index (χ1v) is 10.1. The van der Waals surface area contributed by atoms with Crippen molar-refractivity contribution in [3.63, 3.8) is 0 Å². The summed E-state index contributed by atoms with van der Waals surface area (Å²) < 4.78 is 89.3. The van der Waals surface area contributed by atoms with E-state index in [-0.39, 0.29) is 23.1 Å². The molecule has 0 bridgehead atoms. The minimum absolute atomic E-state index is 0.00904. The first-order valence-electron chi connectivity index (χ1n) is 10.1. The molecule has 0 saturated carbocycles. The molecular formula is C28H14F6O. The van der Waals surface area contributed by atoms with Crippen molar-refractivity contribution in [1.82, 2.24) is 0 Å². The Morgan fingerprint density at radius 3 is 1.77 bits per heavy atom. The lowest BCUT2D eigenvalue weighted by Crippen LogP contribution is -1.96. The van der Waals surface area contributed by atoms with Gasteiger partial charge in [-0.15, -0.1) is 0 Å². The maximum Gasteiger partial charge on any atom is 0.166 e. The van der Waals surface area contributed by atoms with Gasteiger partial charge in [0.2, 0.25) is 0 Å². The first-order chi connectivity index (χ1) is 16.8. The van der Waals surface area contributed by atoms with Gasteiger partial charge in [0, 0.05) is 23.6 Å². The van der Waals surface area contributed by atoms with Gasteiger partial charge in [-0.3, -0.25) is 0 Å². The topological polar surface area (TPSA) is 9.23 Å². The maximum atomic E-state index is 14.5. The van der Waals surface area contributed by atoms with Crippen molar-refractivity contribution in [2.24, 2.45) is 0 Å². The predicted molar refractivity (Wildman–Crippen MR) is 119 cm³/mol. The second kappa shape index (κ2) is 9.97. The Hall–Kier alpha value is -4.20. The van der Waals surface area contributed by atoms with Gasteiger partial charge in [0.25, 0.3) is 0 Å². The van der Waals surface area contributed by atoms with Gasteiger partial charge in [0.05, 0.1) is 17.7 Å². The van der Waals surface area contributed by atoms with Crippen LogP contribution in [0.5, 0.6) is 0 Å². The second-order valence-corrected chi connectivity index (χ2v) is 7.48. The molecule has 4 aromatic carbocycles. The monoisotopic (exact) mass is 480 g/mol. The van der Waals surface area contributed by atoms with Crippen LogP contribution in [0.1, 0.15) is 27.8 Å². The first kappa shape index (κ1) is 23.9. The highest BCUT2D eigenvalue weighted by atomic mass is 19.2. The molecular weight excluding hydrogens is 466 g/mol. The fourth-order valence-electron chi connectivity index (χ4n) is 3.37. The van der Waals surface area contributed by atoms with Gasteiger partial charge >= 0.3 is 0 Å². The highest BCUT2D eigenvalue weighted by molar-refractivity contribution is 5.84. The summed E-state index contributed by atoms with van der Waals surface area (Å²) in [7, 11) is 1.38. The number of hydrogen-bond donors (Lipinski definition) is 0. The second-order valence-electron chi connectivity index (χ2n) is 7.48. The Kier molecular flexibility index (Phi) is 6.82. The number of halogens is 6. The minimum atomic E-state index is -1.02. The van der Waals surface area contributed by atoms with Crippen LogP contribution in [0.4, 0.5) is 26.3 Å². The summed E-state index contributed by atoms with van der Waals surface area (Å²) in [5.41, 5.74) is -0.622. The molecule has 0 aliphatic rings. The molecule has 4 rings (SSSR count). The van der Waals surface area contributed by atoms with Crippen LogP contribution in [0.2, 0.25) is 0 Å². The van der Waals surface area contributed by atoms with Gasteiger partial charge in [-0.05, 0) is 53.4 Å². The molecule has 0 N–H and O–H groups in total. The normalized spacial score (nSPS) is 10.5. The van der Waals surface area contributed by atoms with E-state index >= 15 is 0 Å². The van der Waals surface area contributed by atoms with E-state index in [1.54, 1.807) is 0 Å². The molecule has 0 amide bonds. The highest BCUT2D eigenvalue weighted by Crippen LogP contribution is 2.22. The number of benzene rings is 4. The van der Waals surface area contributed by atoms with Crippen LogP contribution in [0.3, 0.4) is 0 Å². The summed E-state index contributed by atoms with van der Waals surface area (Å²) in [6.07, 6.45) is 0. The lowest BCUT2D eigenvalue weighted by molar-refractivity contribution is 0.184. The van der Waals surface area contributed by atoms with Crippen LogP contribution in [-0.2, 0) is 11.3 Å². The van der Waals surface area contributed by atoms with Crippen LogP contribution >= 0.6 is 0 Å². The van der Waals surface area contributed by atoms with E-state index in [0.717, 1.165) is 30.3 Å². The maximum absolute atomic E-state index is 14.5.